The van der Waals surface area contributed by atoms with Gasteiger partial charge in [-0.3, -0.25) is 14.9 Å². The zero-order chi connectivity index (χ0) is 19.6. The highest BCUT2D eigenvalue weighted by molar-refractivity contribution is 6.41. The number of carbonyl (C=O) groups is 2. The van der Waals surface area contributed by atoms with Crippen LogP contribution in [0.3, 0.4) is 0 Å². The van der Waals surface area contributed by atoms with E-state index in [-0.39, 0.29) is 5.56 Å². The lowest BCUT2D eigenvalue weighted by Gasteiger charge is -2.11. The first-order valence-corrected chi connectivity index (χ1v) is 9.21. The number of amides is 2. The number of nitrogens with one attached hydrogen (secondary N) is 2. The van der Waals surface area contributed by atoms with E-state index in [0.717, 1.165) is 10.9 Å². The van der Waals surface area contributed by atoms with Crippen LogP contribution in [-0.4, -0.2) is 23.9 Å². The average Bonchev–Trinajstić information content (AvgIpc) is 3.17. The van der Waals surface area contributed by atoms with Crippen molar-refractivity contribution in [3.05, 3.63) is 63.6 Å². The summed E-state index contributed by atoms with van der Waals surface area (Å²) >= 11 is 12.8. The number of H-pyrrole nitrogens is 1. The molecule has 28 heavy (non-hydrogen) atoms. The van der Waals surface area contributed by atoms with Gasteiger partial charge in [0.25, 0.3) is 11.8 Å². The van der Waals surface area contributed by atoms with Crippen molar-refractivity contribution >= 4 is 56.8 Å². The zero-order valence-corrected chi connectivity index (χ0v) is 16.0. The molecule has 2 amide bonds. The van der Waals surface area contributed by atoms with Gasteiger partial charge in [-0.25, -0.2) is 0 Å². The molecule has 0 spiro atoms. The zero-order valence-electron chi connectivity index (χ0n) is 14.5. The Kier molecular flexibility index (Phi) is 3.66. The molecule has 3 aromatic carbocycles. The second kappa shape index (κ2) is 5.99. The summed E-state index contributed by atoms with van der Waals surface area (Å²) in [5.74, 6) is -0.256. The van der Waals surface area contributed by atoms with Crippen LogP contribution in [0.1, 0.15) is 20.7 Å². The minimum absolute atomic E-state index is 0.274. The standard InChI is InChI=1S/C21H12Cl2N2O3/c1-28-9-5-6-14-10(7-9)17-15(24-14)8-11(16-12(22)3-2-4-13(16)23)18-19(17)21(27)25-20(18)26/h2-8,24H,1H3,(H,25,26,27). The van der Waals surface area contributed by atoms with Crippen LogP contribution >= 0.6 is 23.2 Å². The van der Waals surface area contributed by atoms with Gasteiger partial charge in [0.2, 0.25) is 0 Å². The van der Waals surface area contributed by atoms with Crippen molar-refractivity contribution in [3.8, 4) is 16.9 Å². The van der Waals surface area contributed by atoms with Crippen LogP contribution in [0.2, 0.25) is 10.0 Å². The molecule has 2 heterocycles. The summed E-state index contributed by atoms with van der Waals surface area (Å²) in [6.45, 7) is 0. The summed E-state index contributed by atoms with van der Waals surface area (Å²) in [6, 6.07) is 12.5. The third-order valence-corrected chi connectivity index (χ3v) is 5.64. The van der Waals surface area contributed by atoms with Crippen LogP contribution in [0.25, 0.3) is 32.9 Å². The maximum absolute atomic E-state index is 12.7. The second-order valence-corrected chi connectivity index (χ2v) is 7.33. The molecule has 0 saturated heterocycles. The van der Waals surface area contributed by atoms with E-state index >= 15 is 0 Å². The fraction of sp³-hybridized carbons (Fsp3) is 0.0476. The first kappa shape index (κ1) is 17.1. The van der Waals surface area contributed by atoms with Crippen molar-refractivity contribution in [2.75, 3.05) is 7.11 Å². The lowest BCUT2D eigenvalue weighted by atomic mass is 9.93. The van der Waals surface area contributed by atoms with E-state index in [1.54, 1.807) is 25.3 Å². The number of methoxy groups -OCH3 is 1. The van der Waals surface area contributed by atoms with Gasteiger partial charge >= 0.3 is 0 Å². The minimum atomic E-state index is -0.467. The summed E-state index contributed by atoms with van der Waals surface area (Å²) in [6.07, 6.45) is 0. The molecule has 1 aliphatic rings. The third kappa shape index (κ3) is 2.27. The number of imide groups is 1. The Morgan fingerprint density at radius 2 is 1.57 bits per heavy atom. The van der Waals surface area contributed by atoms with Crippen molar-refractivity contribution in [1.29, 1.82) is 0 Å². The quantitative estimate of drug-likeness (QED) is 0.446. The smallest absolute Gasteiger partial charge is 0.259 e. The third-order valence-electron chi connectivity index (χ3n) is 5.01. The Morgan fingerprint density at radius 3 is 2.29 bits per heavy atom. The molecule has 0 aliphatic carbocycles. The van der Waals surface area contributed by atoms with Crippen molar-refractivity contribution in [3.63, 3.8) is 0 Å². The van der Waals surface area contributed by atoms with Crippen LogP contribution < -0.4 is 10.1 Å². The number of benzene rings is 3. The van der Waals surface area contributed by atoms with Crippen LogP contribution in [0.15, 0.2) is 42.5 Å². The van der Waals surface area contributed by atoms with E-state index in [2.05, 4.69) is 10.3 Å². The number of aromatic amines is 1. The van der Waals surface area contributed by atoms with Gasteiger partial charge in [-0.15, -0.1) is 0 Å². The van der Waals surface area contributed by atoms with Crippen LogP contribution in [-0.2, 0) is 0 Å². The number of hydrogen-bond donors (Lipinski definition) is 2. The molecule has 0 fully saturated rings. The molecule has 0 saturated carbocycles. The van der Waals surface area contributed by atoms with Crippen LogP contribution in [0.5, 0.6) is 5.75 Å². The Hall–Kier alpha value is -3.02. The average molecular weight is 411 g/mol. The summed E-state index contributed by atoms with van der Waals surface area (Å²) in [4.78, 5) is 28.7. The van der Waals surface area contributed by atoms with Gasteiger partial charge in [-0.05, 0) is 36.4 Å². The van der Waals surface area contributed by atoms with Gasteiger partial charge < -0.3 is 9.72 Å². The monoisotopic (exact) mass is 410 g/mol. The molecular formula is C21H12Cl2N2O3. The van der Waals surface area contributed by atoms with E-state index in [1.807, 2.05) is 24.3 Å². The van der Waals surface area contributed by atoms with Gasteiger partial charge in [-0.1, -0.05) is 29.3 Å². The highest BCUT2D eigenvalue weighted by atomic mass is 35.5. The number of rotatable bonds is 2. The molecule has 138 valence electrons. The fourth-order valence-electron chi connectivity index (χ4n) is 3.82. The largest absolute Gasteiger partial charge is 0.497 e. The Morgan fingerprint density at radius 1 is 0.857 bits per heavy atom. The van der Waals surface area contributed by atoms with Gasteiger partial charge in [0.1, 0.15) is 5.75 Å². The number of aromatic nitrogens is 1. The first-order chi connectivity index (χ1) is 13.5. The molecule has 5 nitrogen and oxygen atoms in total. The highest BCUT2D eigenvalue weighted by Gasteiger charge is 2.34. The molecular weight excluding hydrogens is 399 g/mol. The van der Waals surface area contributed by atoms with Gasteiger partial charge in [0.15, 0.2) is 0 Å². The Labute approximate surface area is 169 Å². The predicted octanol–water partition coefficient (Wildman–Crippen LogP) is 5.19. The molecule has 4 aromatic rings. The topological polar surface area (TPSA) is 71.2 Å². The summed E-state index contributed by atoms with van der Waals surface area (Å²) in [7, 11) is 1.58. The molecule has 0 radical (unpaired) electrons. The number of fused-ring (bicyclic) bond motifs is 5. The Balaban J connectivity index is 1.98. The molecule has 0 bridgehead atoms. The second-order valence-electron chi connectivity index (χ2n) is 6.51. The van der Waals surface area contributed by atoms with E-state index in [1.165, 1.54) is 0 Å². The van der Waals surface area contributed by atoms with Gasteiger partial charge in [0, 0.05) is 43.0 Å². The van der Waals surface area contributed by atoms with Crippen LogP contribution in [0, 0.1) is 0 Å². The number of ether oxygens (including phenoxy) is 1. The predicted molar refractivity (Wildman–Crippen MR) is 110 cm³/mol. The maximum Gasteiger partial charge on any atom is 0.259 e. The van der Waals surface area contributed by atoms with Crippen molar-refractivity contribution < 1.29 is 14.3 Å². The van der Waals surface area contributed by atoms with Crippen LogP contribution in [0.4, 0.5) is 0 Å². The molecule has 2 N–H and O–H groups in total. The van der Waals surface area contributed by atoms with E-state index < -0.39 is 11.8 Å². The summed E-state index contributed by atoms with van der Waals surface area (Å²) in [5.41, 5.74) is 3.15. The van der Waals surface area contributed by atoms with E-state index in [4.69, 9.17) is 27.9 Å². The summed E-state index contributed by atoms with van der Waals surface area (Å²) in [5, 5.41) is 4.67. The number of carbonyl (C=O) groups excluding carboxylic acids is 2. The molecule has 0 unspecified atom stereocenters. The fourth-order valence-corrected chi connectivity index (χ4v) is 4.42. The van der Waals surface area contributed by atoms with Gasteiger partial charge in [0.05, 0.1) is 18.2 Å². The minimum Gasteiger partial charge on any atom is -0.497 e. The molecule has 1 aromatic heterocycles. The first-order valence-electron chi connectivity index (χ1n) is 8.46. The van der Waals surface area contributed by atoms with E-state index in [9.17, 15) is 9.59 Å². The lowest BCUT2D eigenvalue weighted by molar-refractivity contribution is 0.0880. The Bertz CT molecular complexity index is 1320. The molecule has 1 aliphatic heterocycles. The lowest BCUT2D eigenvalue weighted by Crippen LogP contribution is -2.20. The van der Waals surface area contributed by atoms with Crippen molar-refractivity contribution in [2.24, 2.45) is 0 Å². The molecule has 5 rings (SSSR count). The number of halogens is 2. The van der Waals surface area contributed by atoms with Crippen molar-refractivity contribution in [2.45, 2.75) is 0 Å². The SMILES string of the molecule is COc1ccc2[nH]c3cc(-c4c(Cl)cccc4Cl)c4c(c3c2c1)C(=O)NC4=O. The van der Waals surface area contributed by atoms with Gasteiger partial charge in [-0.2, -0.15) is 0 Å². The maximum atomic E-state index is 12.7. The van der Waals surface area contributed by atoms with Crippen molar-refractivity contribution in [1.82, 2.24) is 10.3 Å². The molecule has 7 heteroatoms. The number of hydrogen-bond acceptors (Lipinski definition) is 3. The normalized spacial score (nSPS) is 13.2. The van der Waals surface area contributed by atoms with E-state index in [0.29, 0.717) is 43.4 Å². The summed E-state index contributed by atoms with van der Waals surface area (Å²) < 4.78 is 5.32. The highest BCUT2D eigenvalue weighted by Crippen LogP contribution is 2.43. The molecule has 0 atom stereocenters.